The number of hydrogen-bond acceptors (Lipinski definition) is 5. The summed E-state index contributed by atoms with van der Waals surface area (Å²) in [6.45, 7) is 2.44. The topological polar surface area (TPSA) is 85.3 Å². The normalized spacial score (nSPS) is 10.5. The van der Waals surface area contributed by atoms with Crippen LogP contribution in [0.5, 0.6) is 5.75 Å². The summed E-state index contributed by atoms with van der Waals surface area (Å²) in [4.78, 5) is 26.1. The number of hydrazine groups is 1. The van der Waals surface area contributed by atoms with E-state index in [9.17, 15) is 9.59 Å². The predicted molar refractivity (Wildman–Crippen MR) is 119 cm³/mol. The van der Waals surface area contributed by atoms with Crippen molar-refractivity contribution in [2.75, 3.05) is 6.61 Å². The van der Waals surface area contributed by atoms with Gasteiger partial charge < -0.3 is 4.74 Å². The average molecular weight is 433 g/mol. The van der Waals surface area contributed by atoms with Crippen molar-refractivity contribution in [2.45, 2.75) is 6.92 Å². The van der Waals surface area contributed by atoms with Crippen molar-refractivity contribution < 1.29 is 14.3 Å². The Bertz CT molecular complexity index is 1170. The zero-order chi connectivity index (χ0) is 21.6. The molecule has 8 heteroatoms. The molecule has 0 radical (unpaired) electrons. The summed E-state index contributed by atoms with van der Waals surface area (Å²) in [5, 5.41) is 6.52. The first kappa shape index (κ1) is 20.4. The Hall–Kier alpha value is -3.91. The highest BCUT2D eigenvalue weighted by molar-refractivity contribution is 7.13. The summed E-state index contributed by atoms with van der Waals surface area (Å²) in [6.07, 6.45) is 1.66. The van der Waals surface area contributed by atoms with E-state index in [0.717, 1.165) is 10.6 Å². The molecule has 2 aromatic carbocycles. The van der Waals surface area contributed by atoms with Crippen molar-refractivity contribution in [2.24, 2.45) is 0 Å². The molecule has 4 rings (SSSR count). The largest absolute Gasteiger partial charge is 0.494 e. The monoisotopic (exact) mass is 432 g/mol. The third kappa shape index (κ3) is 4.65. The standard InChI is InChI=1S/C23H20N4O3S/c1-2-30-18-12-10-16(11-13-18)22(28)24-25-23(29)19-15-27(17-7-4-3-5-8-17)26-21(19)20-9-6-14-31-20/h3-15H,2H2,1H3,(H,24,28)(H,25,29). The second kappa shape index (κ2) is 9.27. The van der Waals surface area contributed by atoms with Crippen LogP contribution in [0.1, 0.15) is 27.6 Å². The molecule has 0 saturated heterocycles. The fraction of sp³-hybridized carbons (Fsp3) is 0.0870. The van der Waals surface area contributed by atoms with Gasteiger partial charge in [-0.05, 0) is 54.8 Å². The maximum Gasteiger partial charge on any atom is 0.273 e. The quantitative estimate of drug-likeness (QED) is 0.450. The maximum atomic E-state index is 12.9. The minimum absolute atomic E-state index is 0.360. The molecule has 0 saturated carbocycles. The van der Waals surface area contributed by atoms with Crippen molar-refractivity contribution in [3.8, 4) is 22.0 Å². The predicted octanol–water partition coefficient (Wildman–Crippen LogP) is 4.07. The lowest BCUT2D eigenvalue weighted by molar-refractivity contribution is 0.0847. The van der Waals surface area contributed by atoms with Crippen molar-refractivity contribution in [1.29, 1.82) is 0 Å². The Morgan fingerprint density at radius 1 is 0.968 bits per heavy atom. The molecular formula is C23H20N4O3S. The highest BCUT2D eigenvalue weighted by atomic mass is 32.1. The Labute approximate surface area is 183 Å². The molecule has 0 bridgehead atoms. The van der Waals surface area contributed by atoms with E-state index in [2.05, 4.69) is 16.0 Å². The number of hydrogen-bond donors (Lipinski definition) is 2. The molecule has 4 aromatic rings. The number of ether oxygens (including phenoxy) is 1. The van der Waals surface area contributed by atoms with E-state index in [1.165, 1.54) is 11.3 Å². The molecule has 0 aliphatic heterocycles. The fourth-order valence-corrected chi connectivity index (χ4v) is 3.69. The van der Waals surface area contributed by atoms with Gasteiger partial charge in [-0.1, -0.05) is 24.3 Å². The number of rotatable bonds is 6. The lowest BCUT2D eigenvalue weighted by atomic mass is 10.2. The van der Waals surface area contributed by atoms with Crippen molar-refractivity contribution in [1.82, 2.24) is 20.6 Å². The van der Waals surface area contributed by atoms with Gasteiger partial charge in [0.05, 0.1) is 22.7 Å². The molecular weight excluding hydrogens is 412 g/mol. The van der Waals surface area contributed by atoms with Crippen molar-refractivity contribution in [3.05, 3.63) is 89.4 Å². The summed E-state index contributed by atoms with van der Waals surface area (Å²) >= 11 is 1.49. The minimum atomic E-state index is -0.454. The molecule has 0 aliphatic carbocycles. The van der Waals surface area contributed by atoms with E-state index in [0.29, 0.717) is 29.2 Å². The van der Waals surface area contributed by atoms with Gasteiger partial charge in [-0.25, -0.2) is 4.68 Å². The third-order valence-corrected chi connectivity index (χ3v) is 5.33. The van der Waals surface area contributed by atoms with E-state index < -0.39 is 11.8 Å². The summed E-state index contributed by atoms with van der Waals surface area (Å²) in [5.41, 5.74) is 7.09. The first-order valence-corrected chi connectivity index (χ1v) is 10.6. The highest BCUT2D eigenvalue weighted by Crippen LogP contribution is 2.27. The number of amides is 2. The Morgan fingerprint density at radius 2 is 1.71 bits per heavy atom. The molecule has 0 unspecified atom stereocenters. The molecule has 2 aromatic heterocycles. The maximum absolute atomic E-state index is 12.9. The average Bonchev–Trinajstić information content (AvgIpc) is 3.48. The van der Waals surface area contributed by atoms with Crippen LogP contribution in [0.25, 0.3) is 16.3 Å². The number of nitrogens with zero attached hydrogens (tertiary/aromatic N) is 2. The Kier molecular flexibility index (Phi) is 6.09. The van der Waals surface area contributed by atoms with Crippen LogP contribution in [-0.4, -0.2) is 28.2 Å². The van der Waals surface area contributed by atoms with Gasteiger partial charge in [0.2, 0.25) is 0 Å². The van der Waals surface area contributed by atoms with Crippen LogP contribution in [0.4, 0.5) is 0 Å². The van der Waals surface area contributed by atoms with Crippen LogP contribution in [0.15, 0.2) is 78.3 Å². The molecule has 0 atom stereocenters. The summed E-state index contributed by atoms with van der Waals surface area (Å²) in [7, 11) is 0. The van der Waals surface area contributed by atoms with Crippen LogP contribution in [-0.2, 0) is 0 Å². The van der Waals surface area contributed by atoms with E-state index in [1.54, 1.807) is 35.1 Å². The van der Waals surface area contributed by atoms with Gasteiger partial charge in [0, 0.05) is 11.8 Å². The lowest BCUT2D eigenvalue weighted by Gasteiger charge is -2.08. The molecule has 156 valence electrons. The molecule has 0 spiro atoms. The van der Waals surface area contributed by atoms with E-state index >= 15 is 0 Å². The van der Waals surface area contributed by atoms with Crippen molar-refractivity contribution >= 4 is 23.2 Å². The number of para-hydroxylation sites is 1. The van der Waals surface area contributed by atoms with Crippen LogP contribution in [0, 0.1) is 0 Å². The zero-order valence-corrected chi connectivity index (χ0v) is 17.6. The van der Waals surface area contributed by atoms with E-state index in [1.807, 2.05) is 54.8 Å². The van der Waals surface area contributed by atoms with Crippen LogP contribution in [0.3, 0.4) is 0 Å². The molecule has 0 fully saturated rings. The Balaban J connectivity index is 1.52. The number of thiophene rings is 1. The number of nitrogens with one attached hydrogen (secondary N) is 2. The second-order valence-electron chi connectivity index (χ2n) is 6.51. The summed E-state index contributed by atoms with van der Waals surface area (Å²) in [5.74, 6) is -0.202. The molecule has 0 aliphatic rings. The summed E-state index contributed by atoms with van der Waals surface area (Å²) < 4.78 is 7.03. The van der Waals surface area contributed by atoms with Gasteiger partial charge >= 0.3 is 0 Å². The van der Waals surface area contributed by atoms with E-state index in [-0.39, 0.29) is 0 Å². The summed E-state index contributed by atoms with van der Waals surface area (Å²) in [6, 6.07) is 20.0. The lowest BCUT2D eigenvalue weighted by Crippen LogP contribution is -2.41. The van der Waals surface area contributed by atoms with E-state index in [4.69, 9.17) is 4.74 Å². The number of aromatic nitrogens is 2. The number of carbonyl (C=O) groups excluding carboxylic acids is 2. The number of benzene rings is 2. The minimum Gasteiger partial charge on any atom is -0.494 e. The smallest absolute Gasteiger partial charge is 0.273 e. The van der Waals surface area contributed by atoms with Crippen LogP contribution in [0.2, 0.25) is 0 Å². The fourth-order valence-electron chi connectivity index (χ4n) is 2.97. The third-order valence-electron chi connectivity index (χ3n) is 4.45. The van der Waals surface area contributed by atoms with Gasteiger partial charge in [0.1, 0.15) is 11.4 Å². The van der Waals surface area contributed by atoms with Crippen LogP contribution >= 0.6 is 11.3 Å². The molecule has 2 N–H and O–H groups in total. The van der Waals surface area contributed by atoms with Gasteiger partial charge in [-0.2, -0.15) is 5.10 Å². The molecule has 7 nitrogen and oxygen atoms in total. The molecule has 2 amide bonds. The molecule has 31 heavy (non-hydrogen) atoms. The first-order valence-electron chi connectivity index (χ1n) is 9.68. The second-order valence-corrected chi connectivity index (χ2v) is 7.46. The van der Waals surface area contributed by atoms with Crippen LogP contribution < -0.4 is 15.6 Å². The Morgan fingerprint density at radius 3 is 2.39 bits per heavy atom. The van der Waals surface area contributed by atoms with Crippen molar-refractivity contribution in [3.63, 3.8) is 0 Å². The van der Waals surface area contributed by atoms with Gasteiger partial charge in [-0.15, -0.1) is 11.3 Å². The molecule has 2 heterocycles. The SMILES string of the molecule is CCOc1ccc(C(=O)NNC(=O)c2cn(-c3ccccc3)nc2-c2cccs2)cc1. The first-order chi connectivity index (χ1) is 15.2. The van der Waals surface area contributed by atoms with Gasteiger partial charge in [-0.3, -0.25) is 20.4 Å². The number of carbonyl (C=O) groups is 2. The van der Waals surface area contributed by atoms with Gasteiger partial charge in [0.15, 0.2) is 0 Å². The highest BCUT2D eigenvalue weighted by Gasteiger charge is 2.20. The van der Waals surface area contributed by atoms with Gasteiger partial charge in [0.25, 0.3) is 11.8 Å². The zero-order valence-electron chi connectivity index (χ0n) is 16.7.